The van der Waals surface area contributed by atoms with Crippen LogP contribution < -0.4 is 0 Å². The van der Waals surface area contributed by atoms with E-state index >= 15 is 0 Å². The van der Waals surface area contributed by atoms with Gasteiger partial charge in [-0.25, -0.2) is 0 Å². The molecule has 0 unspecified atom stereocenters. The van der Waals surface area contributed by atoms with Crippen LogP contribution in [0, 0.1) is 0 Å². The van der Waals surface area contributed by atoms with Crippen molar-refractivity contribution in [2.75, 3.05) is 0 Å². The second-order valence-corrected chi connectivity index (χ2v) is 9.35. The van der Waals surface area contributed by atoms with Gasteiger partial charge < -0.3 is 0 Å². The van der Waals surface area contributed by atoms with Gasteiger partial charge >= 0.3 is 0 Å². The molecule has 0 heterocycles. The Bertz CT molecular complexity index is 2940. The molecular formula is C40H26. The van der Waals surface area contributed by atoms with Crippen LogP contribution in [-0.4, -0.2) is 0 Å². The molecular weight excluding hydrogens is 480 g/mol. The highest BCUT2D eigenvalue weighted by molar-refractivity contribution is 6.23. The fourth-order valence-electron chi connectivity index (χ4n) is 5.36. The molecule has 0 fully saturated rings. The molecule has 0 radical (unpaired) electrons. The van der Waals surface area contributed by atoms with Gasteiger partial charge in [-0.15, -0.1) is 0 Å². The van der Waals surface area contributed by atoms with Crippen molar-refractivity contribution in [2.45, 2.75) is 0 Å². The lowest BCUT2D eigenvalue weighted by molar-refractivity contribution is 1.63. The molecule has 0 saturated carbocycles. The van der Waals surface area contributed by atoms with Gasteiger partial charge in [0.15, 0.2) is 0 Å². The molecule has 8 rings (SSSR count). The summed E-state index contributed by atoms with van der Waals surface area (Å²) in [4.78, 5) is 0. The molecule has 0 aliphatic heterocycles. The second kappa shape index (κ2) is 9.22. The van der Waals surface area contributed by atoms with Crippen LogP contribution in [0.25, 0.3) is 76.5 Å². The number of fused-ring (bicyclic) bond motifs is 4. The van der Waals surface area contributed by atoms with E-state index in [0.717, 1.165) is 5.39 Å². The first kappa shape index (κ1) is 12.3. The van der Waals surface area contributed by atoms with E-state index in [1.165, 1.54) is 24.3 Å². The minimum atomic E-state index is -0.580. The molecule has 0 aliphatic rings. The Labute approximate surface area is 254 Å². The standard InChI is InChI=1S/C40H26/c1-2-12-31-26-32(25-22-27(31)10-1)28-20-23-30(24-21-28)39-35-15-5-7-17-37(35)40(38-18-8-6-16-36(38)39)34-19-9-13-29-11-3-4-14-33(29)34/h1-26H/i1D,2D,5D,6D,7D,8D,10D,12D,15D,16D,17D,18D,22D,25D,26D. The first-order valence-corrected chi connectivity index (χ1v) is 12.6. The largest absolute Gasteiger partial charge is 0.0636 e. The van der Waals surface area contributed by atoms with Crippen LogP contribution in [0.15, 0.2) is 157 Å². The van der Waals surface area contributed by atoms with Crippen LogP contribution in [0.2, 0.25) is 0 Å². The quantitative estimate of drug-likeness (QED) is 0.203. The van der Waals surface area contributed by atoms with Crippen LogP contribution in [0.4, 0.5) is 0 Å². The summed E-state index contributed by atoms with van der Waals surface area (Å²) in [6.45, 7) is 0. The van der Waals surface area contributed by atoms with Crippen molar-refractivity contribution in [1.29, 1.82) is 0 Å². The minimum Gasteiger partial charge on any atom is -0.0616 e. The maximum Gasteiger partial charge on any atom is 0.0636 e. The topological polar surface area (TPSA) is 0 Å². The normalized spacial score (nSPS) is 16.8. The summed E-state index contributed by atoms with van der Waals surface area (Å²) in [5.41, 5.74) is 1.32. The molecule has 0 aliphatic carbocycles. The van der Waals surface area contributed by atoms with Gasteiger partial charge in [0, 0.05) is 0 Å². The van der Waals surface area contributed by atoms with Gasteiger partial charge in [0.2, 0.25) is 0 Å². The van der Waals surface area contributed by atoms with E-state index in [1.54, 1.807) is 12.1 Å². The lowest BCUT2D eigenvalue weighted by Gasteiger charge is -2.19. The first-order chi connectivity index (χ1) is 26.1. The van der Waals surface area contributed by atoms with Gasteiger partial charge in [-0.2, -0.15) is 0 Å². The van der Waals surface area contributed by atoms with E-state index in [4.69, 9.17) is 15.1 Å². The first-order valence-electron chi connectivity index (χ1n) is 20.1. The molecule has 0 bridgehead atoms. The highest BCUT2D eigenvalue weighted by atomic mass is 14.2. The van der Waals surface area contributed by atoms with E-state index in [9.17, 15) is 5.48 Å². The zero-order valence-electron chi connectivity index (χ0n) is 35.9. The average molecular weight is 522 g/mol. The minimum absolute atomic E-state index is 0.0247. The Hall–Kier alpha value is -5.20. The maximum atomic E-state index is 9.22. The molecule has 0 aromatic heterocycles. The molecule has 186 valence electrons. The monoisotopic (exact) mass is 521 g/mol. The molecule has 0 heteroatoms. The lowest BCUT2D eigenvalue weighted by atomic mass is 9.84. The smallest absolute Gasteiger partial charge is 0.0616 e. The Morgan fingerprint density at radius 3 is 1.65 bits per heavy atom. The average Bonchev–Trinajstić information content (AvgIpc) is 3.19. The summed E-state index contributed by atoms with van der Waals surface area (Å²) in [7, 11) is 0. The number of hydrogen-bond acceptors (Lipinski definition) is 0. The molecule has 0 nitrogen and oxygen atoms in total. The number of benzene rings is 8. The van der Waals surface area contributed by atoms with Crippen molar-refractivity contribution in [3.8, 4) is 33.4 Å². The van der Waals surface area contributed by atoms with Gasteiger partial charge in [0.05, 0.1) is 20.6 Å². The molecule has 40 heavy (non-hydrogen) atoms. The second-order valence-electron chi connectivity index (χ2n) is 9.35. The predicted octanol–water partition coefficient (Wildman–Crippen LogP) is 11.3. The molecule has 0 N–H and O–H groups in total. The highest BCUT2D eigenvalue weighted by Gasteiger charge is 2.17. The zero-order valence-corrected chi connectivity index (χ0v) is 20.9. The van der Waals surface area contributed by atoms with Crippen molar-refractivity contribution in [3.05, 3.63) is 157 Å². The Balaban J connectivity index is 1.52. The van der Waals surface area contributed by atoms with E-state index in [0.29, 0.717) is 16.5 Å². The highest BCUT2D eigenvalue weighted by Crippen LogP contribution is 2.45. The molecule has 0 saturated heterocycles. The molecule has 0 amide bonds. The summed E-state index contributed by atoms with van der Waals surface area (Å²) in [6, 6.07) is 11.6. The Kier molecular flexibility index (Phi) is 2.84. The van der Waals surface area contributed by atoms with Crippen LogP contribution in [-0.2, 0) is 0 Å². The third-order valence-corrected chi connectivity index (χ3v) is 7.15. The summed E-state index contributed by atoms with van der Waals surface area (Å²) in [5.74, 6) is 0. The van der Waals surface area contributed by atoms with Gasteiger partial charge in [-0.3, -0.25) is 0 Å². The van der Waals surface area contributed by atoms with E-state index in [1.807, 2.05) is 30.3 Å². The van der Waals surface area contributed by atoms with Crippen molar-refractivity contribution in [3.63, 3.8) is 0 Å². The van der Waals surface area contributed by atoms with Crippen molar-refractivity contribution >= 4 is 43.1 Å². The summed E-state index contributed by atoms with van der Waals surface area (Å²) >= 11 is 0. The molecule has 8 aromatic carbocycles. The summed E-state index contributed by atoms with van der Waals surface area (Å²) in [5, 5.41) is 1.23. The van der Waals surface area contributed by atoms with Crippen LogP contribution in [0.1, 0.15) is 20.6 Å². The van der Waals surface area contributed by atoms with Gasteiger partial charge in [-0.05, 0) is 82.5 Å². The van der Waals surface area contributed by atoms with E-state index < -0.39 is 84.6 Å². The SMILES string of the molecule is [2H]c1c([2H])c([2H])c2c([2H])c(-c3ccc(-c4c5c([2H])c([2H])c([2H])c([2H])c5c(-c5cccc6ccccc56)c5c([2H])c([2H])c([2H])c([2H])c45)cc3)c([2H])c([2H])c2c1[2H]. The van der Waals surface area contributed by atoms with Crippen LogP contribution >= 0.6 is 0 Å². The van der Waals surface area contributed by atoms with Gasteiger partial charge in [0.1, 0.15) is 0 Å². The maximum absolute atomic E-state index is 9.22. The number of hydrogen-bond donors (Lipinski definition) is 0. The van der Waals surface area contributed by atoms with E-state index in [2.05, 4.69) is 0 Å². The lowest BCUT2D eigenvalue weighted by Crippen LogP contribution is -1.91. The van der Waals surface area contributed by atoms with Crippen molar-refractivity contribution in [1.82, 2.24) is 0 Å². The number of rotatable bonds is 3. The van der Waals surface area contributed by atoms with Crippen molar-refractivity contribution < 1.29 is 20.6 Å². The summed E-state index contributed by atoms with van der Waals surface area (Å²) < 4.78 is 131. The van der Waals surface area contributed by atoms with E-state index in [-0.39, 0.29) is 60.6 Å². The van der Waals surface area contributed by atoms with Crippen LogP contribution in [0.3, 0.4) is 0 Å². The van der Waals surface area contributed by atoms with Gasteiger partial charge in [-0.1, -0.05) is 151 Å². The Morgan fingerprint density at radius 2 is 0.925 bits per heavy atom. The summed E-state index contributed by atoms with van der Waals surface area (Å²) in [6.07, 6.45) is 0. The zero-order chi connectivity index (χ0) is 39.5. The fraction of sp³-hybridized carbons (Fsp3) is 0. The molecule has 0 spiro atoms. The van der Waals surface area contributed by atoms with Crippen molar-refractivity contribution in [2.24, 2.45) is 0 Å². The third kappa shape index (κ3) is 3.61. The fourth-order valence-corrected chi connectivity index (χ4v) is 5.36. The Morgan fingerprint density at radius 1 is 0.350 bits per heavy atom. The predicted molar refractivity (Wildman–Crippen MR) is 173 cm³/mol. The molecule has 0 atom stereocenters. The molecule has 8 aromatic rings. The third-order valence-electron chi connectivity index (χ3n) is 7.15. The van der Waals surface area contributed by atoms with Crippen LogP contribution in [0.5, 0.6) is 0 Å². The van der Waals surface area contributed by atoms with Gasteiger partial charge in [0.25, 0.3) is 0 Å².